The van der Waals surface area contributed by atoms with Gasteiger partial charge < -0.3 is 5.11 Å². The van der Waals surface area contributed by atoms with Crippen molar-refractivity contribution in [1.29, 1.82) is 0 Å². The van der Waals surface area contributed by atoms with Crippen LogP contribution in [-0.2, 0) is 12.4 Å². The lowest BCUT2D eigenvalue weighted by Crippen LogP contribution is -2.46. The number of hydrogen-bond donors (Lipinski definition) is 1. The largest absolute Gasteiger partial charge is 0.433 e. The third kappa shape index (κ3) is 6.50. The first kappa shape index (κ1) is 28.1. The Labute approximate surface area is 196 Å². The van der Waals surface area contributed by atoms with E-state index in [0.717, 1.165) is 56.0 Å². The Morgan fingerprint density at radius 1 is 0.794 bits per heavy atom. The van der Waals surface area contributed by atoms with Gasteiger partial charge in [-0.05, 0) is 55.5 Å². The average molecular weight is 491 g/mol. The molecule has 0 amide bonds. The Morgan fingerprint density at radius 3 is 1.68 bits per heavy atom. The third-order valence-corrected chi connectivity index (χ3v) is 6.29. The summed E-state index contributed by atoms with van der Waals surface area (Å²) in [6, 6.07) is 5.61. The van der Waals surface area contributed by atoms with E-state index in [9.17, 15) is 31.4 Å². The van der Waals surface area contributed by atoms with Crippen LogP contribution in [0.4, 0.5) is 26.3 Å². The van der Waals surface area contributed by atoms with Crippen molar-refractivity contribution in [3.05, 3.63) is 53.2 Å². The van der Waals surface area contributed by atoms with E-state index in [0.29, 0.717) is 0 Å². The van der Waals surface area contributed by atoms with Crippen LogP contribution in [0.15, 0.2) is 36.4 Å². The predicted octanol–water partition coefficient (Wildman–Crippen LogP) is 7.50. The van der Waals surface area contributed by atoms with Crippen molar-refractivity contribution in [2.45, 2.75) is 83.9 Å². The number of nitrogens with zero attached hydrogens (tertiary/aromatic N) is 2. The van der Waals surface area contributed by atoms with Crippen LogP contribution in [0.5, 0.6) is 0 Å². The molecule has 0 bridgehead atoms. The highest BCUT2D eigenvalue weighted by molar-refractivity contribution is 5.61. The minimum atomic E-state index is -4.76. The van der Waals surface area contributed by atoms with Crippen LogP contribution in [0.25, 0.3) is 11.3 Å². The fraction of sp³-hybridized carbons (Fsp3) is 0.560. The van der Waals surface area contributed by atoms with Gasteiger partial charge in [0.05, 0.1) is 23.9 Å². The summed E-state index contributed by atoms with van der Waals surface area (Å²) in [6.07, 6.45) is -6.29. The van der Waals surface area contributed by atoms with E-state index < -0.39 is 36.3 Å². The van der Waals surface area contributed by atoms with Crippen LogP contribution < -0.4 is 0 Å². The molecule has 9 heteroatoms. The monoisotopic (exact) mass is 490 g/mol. The first-order valence-electron chi connectivity index (χ1n) is 11.6. The van der Waals surface area contributed by atoms with Gasteiger partial charge in [-0.1, -0.05) is 39.8 Å². The van der Waals surface area contributed by atoms with Crippen LogP contribution in [-0.4, -0.2) is 33.7 Å². The molecule has 190 valence electrons. The van der Waals surface area contributed by atoms with Crippen molar-refractivity contribution in [3.8, 4) is 11.3 Å². The van der Waals surface area contributed by atoms with E-state index in [1.165, 1.54) is 6.07 Å². The number of aromatic nitrogens is 1. The SMILES string of the molecule is CCC(CC)N(C(CC)CC)[C@H](CO)c1cc(-c2ccc(C(F)(F)F)cc2)nc(C(F)(F)F)c1. The number of hydrogen-bond acceptors (Lipinski definition) is 3. The second-order valence-electron chi connectivity index (χ2n) is 8.33. The zero-order valence-electron chi connectivity index (χ0n) is 19.8. The topological polar surface area (TPSA) is 36.4 Å². The molecule has 1 heterocycles. The summed E-state index contributed by atoms with van der Waals surface area (Å²) in [5, 5.41) is 10.3. The summed E-state index contributed by atoms with van der Waals surface area (Å²) in [5.74, 6) is 0. The van der Waals surface area contributed by atoms with E-state index in [1.807, 2.05) is 27.7 Å². The number of aliphatic hydroxyl groups excluding tert-OH is 1. The molecule has 1 N–H and O–H groups in total. The molecule has 0 unspecified atom stereocenters. The van der Waals surface area contributed by atoms with Gasteiger partial charge in [-0.15, -0.1) is 0 Å². The molecular formula is C25H32F6N2O. The van der Waals surface area contributed by atoms with E-state index in [1.54, 1.807) is 0 Å². The molecule has 0 aliphatic carbocycles. The molecule has 0 aliphatic rings. The molecule has 3 nitrogen and oxygen atoms in total. The Hall–Kier alpha value is -2.13. The zero-order chi connectivity index (χ0) is 25.7. The van der Waals surface area contributed by atoms with Gasteiger partial charge in [0.1, 0.15) is 5.69 Å². The summed E-state index contributed by atoms with van der Waals surface area (Å²) in [4.78, 5) is 5.80. The second kappa shape index (κ2) is 11.5. The van der Waals surface area contributed by atoms with Gasteiger partial charge in [0, 0.05) is 17.6 Å². The Bertz CT molecular complexity index is 891. The van der Waals surface area contributed by atoms with Crippen LogP contribution >= 0.6 is 0 Å². The van der Waals surface area contributed by atoms with Crippen molar-refractivity contribution < 1.29 is 31.4 Å². The van der Waals surface area contributed by atoms with Crippen molar-refractivity contribution >= 4 is 0 Å². The number of benzene rings is 1. The molecule has 0 saturated carbocycles. The molecule has 1 atom stereocenters. The highest BCUT2D eigenvalue weighted by Gasteiger charge is 2.36. The first-order valence-corrected chi connectivity index (χ1v) is 11.6. The van der Waals surface area contributed by atoms with E-state index >= 15 is 0 Å². The standard InChI is InChI=1S/C25H32F6N2O/c1-5-19(6-2)33(20(7-3)8-4)22(15-34)17-13-21(32-23(14-17)25(29,30)31)16-9-11-18(12-10-16)24(26,27)28/h9-14,19-20,22,34H,5-8,15H2,1-4H3/t22-/m1/s1. The molecule has 0 spiro atoms. The highest BCUT2D eigenvalue weighted by Crippen LogP contribution is 2.37. The molecule has 1 aromatic carbocycles. The quantitative estimate of drug-likeness (QED) is 0.351. The third-order valence-electron chi connectivity index (χ3n) is 6.29. The maximum atomic E-state index is 13.7. The minimum Gasteiger partial charge on any atom is -0.394 e. The molecule has 0 fully saturated rings. The van der Waals surface area contributed by atoms with Crippen LogP contribution in [0.3, 0.4) is 0 Å². The fourth-order valence-electron chi connectivity index (χ4n) is 4.47. The van der Waals surface area contributed by atoms with Crippen molar-refractivity contribution in [1.82, 2.24) is 9.88 Å². The van der Waals surface area contributed by atoms with Gasteiger partial charge >= 0.3 is 12.4 Å². The van der Waals surface area contributed by atoms with Gasteiger partial charge in [0.2, 0.25) is 0 Å². The van der Waals surface area contributed by atoms with Gasteiger partial charge in [0.25, 0.3) is 0 Å². The minimum absolute atomic E-state index is 0.0408. The Kier molecular flexibility index (Phi) is 9.53. The van der Waals surface area contributed by atoms with Gasteiger partial charge in [-0.2, -0.15) is 26.3 Å². The molecule has 0 aliphatic heterocycles. The van der Waals surface area contributed by atoms with Crippen LogP contribution in [0.1, 0.15) is 76.2 Å². The molecule has 0 radical (unpaired) electrons. The molecule has 0 saturated heterocycles. The normalized spacial score (nSPS) is 13.8. The average Bonchev–Trinajstić information content (AvgIpc) is 2.79. The summed E-state index contributed by atoms with van der Waals surface area (Å²) in [7, 11) is 0. The predicted molar refractivity (Wildman–Crippen MR) is 120 cm³/mol. The molecule has 2 aromatic rings. The Balaban J connectivity index is 2.68. The van der Waals surface area contributed by atoms with Crippen LogP contribution in [0, 0.1) is 0 Å². The van der Waals surface area contributed by atoms with Gasteiger partial charge in [-0.3, -0.25) is 4.90 Å². The van der Waals surface area contributed by atoms with Crippen molar-refractivity contribution in [3.63, 3.8) is 0 Å². The van der Waals surface area contributed by atoms with Crippen molar-refractivity contribution in [2.24, 2.45) is 0 Å². The van der Waals surface area contributed by atoms with Crippen LogP contribution in [0.2, 0.25) is 0 Å². The summed E-state index contributed by atoms with van der Waals surface area (Å²) < 4.78 is 80.0. The number of rotatable bonds is 10. The Morgan fingerprint density at radius 2 is 1.29 bits per heavy atom. The van der Waals surface area contributed by atoms with E-state index in [-0.39, 0.29) is 28.9 Å². The molecule has 2 rings (SSSR count). The van der Waals surface area contributed by atoms with Crippen molar-refractivity contribution in [2.75, 3.05) is 6.61 Å². The summed E-state index contributed by atoms with van der Waals surface area (Å²) in [5.41, 5.74) is -1.77. The molecule has 34 heavy (non-hydrogen) atoms. The number of aliphatic hydroxyl groups is 1. The number of pyridine rings is 1. The van der Waals surface area contributed by atoms with E-state index in [2.05, 4.69) is 9.88 Å². The van der Waals surface area contributed by atoms with Gasteiger partial charge in [-0.25, -0.2) is 4.98 Å². The lowest BCUT2D eigenvalue weighted by atomic mass is 9.95. The summed E-state index contributed by atoms with van der Waals surface area (Å²) >= 11 is 0. The second-order valence-corrected chi connectivity index (χ2v) is 8.33. The smallest absolute Gasteiger partial charge is 0.394 e. The maximum Gasteiger partial charge on any atom is 0.433 e. The fourth-order valence-corrected chi connectivity index (χ4v) is 4.47. The van der Waals surface area contributed by atoms with Gasteiger partial charge in [0.15, 0.2) is 0 Å². The molecular weight excluding hydrogens is 458 g/mol. The van der Waals surface area contributed by atoms with E-state index in [4.69, 9.17) is 0 Å². The summed E-state index contributed by atoms with van der Waals surface area (Å²) in [6.45, 7) is 7.60. The number of alkyl halides is 6. The zero-order valence-corrected chi connectivity index (χ0v) is 19.8. The highest BCUT2D eigenvalue weighted by atomic mass is 19.4. The maximum absolute atomic E-state index is 13.7. The number of halogens is 6. The first-order chi connectivity index (χ1) is 15.9. The lowest BCUT2D eigenvalue weighted by molar-refractivity contribution is -0.141. The molecule has 1 aromatic heterocycles. The lowest BCUT2D eigenvalue weighted by Gasteiger charge is -2.42.